The monoisotopic (exact) mass is 238 g/mol. The molecule has 0 aromatic carbocycles. The van der Waals surface area contributed by atoms with Crippen LogP contribution >= 0.6 is 0 Å². The van der Waals surface area contributed by atoms with E-state index in [4.69, 9.17) is 11.5 Å². The van der Waals surface area contributed by atoms with Gasteiger partial charge in [-0.1, -0.05) is 0 Å². The fourth-order valence-electron chi connectivity index (χ4n) is 1.44. The Kier molecular flexibility index (Phi) is 3.62. The molecule has 94 valence electrons. The number of aromatic nitrogens is 1. The van der Waals surface area contributed by atoms with E-state index in [0.717, 1.165) is 4.90 Å². The second-order valence-electron chi connectivity index (χ2n) is 3.70. The first kappa shape index (κ1) is 12.9. The molecule has 0 saturated heterocycles. The van der Waals surface area contributed by atoms with E-state index in [1.165, 1.54) is 0 Å². The molecule has 4 N–H and O–H groups in total. The van der Waals surface area contributed by atoms with Crippen LogP contribution < -0.4 is 26.4 Å². The average Bonchev–Trinajstić information content (AvgIpc) is 2.22. The first-order valence-electron chi connectivity index (χ1n) is 5.10. The van der Waals surface area contributed by atoms with Crippen LogP contribution in [-0.4, -0.2) is 31.7 Å². The Bertz CT molecular complexity index is 433. The molecule has 0 atom stereocenters. The molecule has 1 heterocycles. The minimum atomic E-state index is -1.33. The highest BCUT2D eigenvalue weighted by molar-refractivity contribution is 5.87. The van der Waals surface area contributed by atoms with E-state index >= 15 is 0 Å². The Morgan fingerprint density at radius 2 is 2.06 bits per heavy atom. The smallest absolute Gasteiger partial charge is 0.151 e. The van der Waals surface area contributed by atoms with Crippen molar-refractivity contribution in [2.45, 2.75) is 6.92 Å². The first-order valence-corrected chi connectivity index (χ1v) is 5.10. The zero-order valence-corrected chi connectivity index (χ0v) is 10.1. The third kappa shape index (κ3) is 2.49. The molecule has 7 heteroatoms. The summed E-state index contributed by atoms with van der Waals surface area (Å²) < 4.78 is 0. The van der Waals surface area contributed by atoms with E-state index in [-0.39, 0.29) is 18.2 Å². The predicted molar refractivity (Wildman–Crippen MR) is 65.8 cm³/mol. The number of nitrogen functional groups attached to an aromatic ring is 2. The number of nitrogens with two attached hydrogens (primary N) is 2. The average molecular weight is 238 g/mol. The van der Waals surface area contributed by atoms with Gasteiger partial charge in [-0.15, -0.1) is 0 Å². The van der Waals surface area contributed by atoms with E-state index < -0.39 is 6.09 Å². The molecule has 0 radical (unpaired) electrons. The van der Waals surface area contributed by atoms with Crippen molar-refractivity contribution in [3.05, 3.63) is 6.07 Å². The summed E-state index contributed by atoms with van der Waals surface area (Å²) in [6.07, 6.45) is -1.33. The maximum Gasteiger partial charge on any atom is 0.151 e. The van der Waals surface area contributed by atoms with E-state index in [2.05, 4.69) is 4.98 Å². The minimum absolute atomic E-state index is 0.103. The van der Waals surface area contributed by atoms with Gasteiger partial charge in [-0.05, 0) is 6.92 Å². The molecule has 0 aliphatic heterocycles. The first-order chi connectivity index (χ1) is 7.88. The number of anilines is 4. The van der Waals surface area contributed by atoms with Crippen molar-refractivity contribution in [3.8, 4) is 0 Å². The van der Waals surface area contributed by atoms with Gasteiger partial charge in [-0.3, -0.25) is 0 Å². The minimum Gasteiger partial charge on any atom is -0.530 e. The van der Waals surface area contributed by atoms with Crippen molar-refractivity contribution in [2.24, 2.45) is 0 Å². The highest BCUT2D eigenvalue weighted by atomic mass is 16.4. The lowest BCUT2D eigenvalue weighted by molar-refractivity contribution is -0.246. The van der Waals surface area contributed by atoms with Crippen molar-refractivity contribution in [1.29, 1.82) is 0 Å². The Balaban J connectivity index is 3.31. The van der Waals surface area contributed by atoms with E-state index in [0.29, 0.717) is 11.4 Å². The number of carbonyl (C=O) groups is 1. The molecule has 17 heavy (non-hydrogen) atoms. The number of hydrogen-bond acceptors (Lipinski definition) is 6. The maximum absolute atomic E-state index is 10.9. The number of hydrogen-bond donors (Lipinski definition) is 2. The SMILES string of the molecule is CCN(C(=O)[O-])c1cc(N(C)C)c(N)c(N)n1. The van der Waals surface area contributed by atoms with E-state index in [1.807, 2.05) is 0 Å². The number of pyridine rings is 1. The molecule has 1 rings (SSSR count). The summed E-state index contributed by atoms with van der Waals surface area (Å²) in [4.78, 5) is 17.6. The van der Waals surface area contributed by atoms with Crippen molar-refractivity contribution >= 4 is 29.1 Å². The standard InChI is InChI=1S/C10H17N5O2/c1-4-15(10(16)17)7-5-6(14(2)3)8(11)9(12)13-7/h5H,4,11H2,1-3H3,(H2,12,13)(H,16,17)/p-1. The summed E-state index contributed by atoms with van der Waals surface area (Å²) in [5, 5.41) is 10.9. The fourth-order valence-corrected chi connectivity index (χ4v) is 1.44. The number of carbonyl (C=O) groups excluding carboxylic acids is 1. The summed E-state index contributed by atoms with van der Waals surface area (Å²) in [6.45, 7) is 1.91. The van der Waals surface area contributed by atoms with Gasteiger partial charge in [-0.2, -0.15) is 0 Å². The van der Waals surface area contributed by atoms with Crippen LogP contribution in [0.2, 0.25) is 0 Å². The highest BCUT2D eigenvalue weighted by Crippen LogP contribution is 2.30. The van der Waals surface area contributed by atoms with Crippen LogP contribution in [0.5, 0.6) is 0 Å². The molecule has 0 saturated carbocycles. The molecule has 0 fully saturated rings. The molecule has 0 unspecified atom stereocenters. The number of amides is 1. The summed E-state index contributed by atoms with van der Waals surface area (Å²) in [5.74, 6) is 0.314. The van der Waals surface area contributed by atoms with Gasteiger partial charge in [0, 0.05) is 26.7 Å². The third-order valence-electron chi connectivity index (χ3n) is 2.35. The zero-order valence-electron chi connectivity index (χ0n) is 10.1. The highest BCUT2D eigenvalue weighted by Gasteiger charge is 2.13. The summed E-state index contributed by atoms with van der Waals surface area (Å²) in [6, 6.07) is 1.56. The van der Waals surface area contributed by atoms with Crippen LogP contribution in [0.15, 0.2) is 6.07 Å². The summed E-state index contributed by atoms with van der Waals surface area (Å²) in [7, 11) is 3.56. The molecule has 0 spiro atoms. The van der Waals surface area contributed by atoms with Crippen molar-refractivity contribution in [3.63, 3.8) is 0 Å². The van der Waals surface area contributed by atoms with Gasteiger partial charge in [-0.25, -0.2) is 4.98 Å². The molecule has 0 aliphatic rings. The van der Waals surface area contributed by atoms with Crippen LogP contribution in [-0.2, 0) is 0 Å². The molecule has 1 amide bonds. The van der Waals surface area contributed by atoms with Gasteiger partial charge in [0.2, 0.25) is 0 Å². The van der Waals surface area contributed by atoms with Crippen molar-refractivity contribution in [1.82, 2.24) is 4.98 Å². The summed E-state index contributed by atoms with van der Waals surface area (Å²) >= 11 is 0. The van der Waals surface area contributed by atoms with E-state index in [9.17, 15) is 9.90 Å². The number of rotatable bonds is 3. The van der Waals surface area contributed by atoms with Crippen LogP contribution in [0.25, 0.3) is 0 Å². The lowest BCUT2D eigenvalue weighted by atomic mass is 10.3. The van der Waals surface area contributed by atoms with Crippen LogP contribution in [0.3, 0.4) is 0 Å². The lowest BCUT2D eigenvalue weighted by Gasteiger charge is -2.25. The molecule has 1 aromatic rings. The molecule has 1 aromatic heterocycles. The molecule has 7 nitrogen and oxygen atoms in total. The second kappa shape index (κ2) is 4.77. The molecular weight excluding hydrogens is 222 g/mol. The Labute approximate surface area is 99.6 Å². The largest absolute Gasteiger partial charge is 0.530 e. The Morgan fingerprint density at radius 1 is 1.47 bits per heavy atom. The lowest BCUT2D eigenvalue weighted by Crippen LogP contribution is -2.41. The molecular formula is C10H16N5O2-. The fraction of sp³-hybridized carbons (Fsp3) is 0.400. The molecule has 0 aliphatic carbocycles. The maximum atomic E-state index is 10.9. The van der Waals surface area contributed by atoms with Gasteiger partial charge in [0.25, 0.3) is 0 Å². The van der Waals surface area contributed by atoms with Crippen LogP contribution in [0.1, 0.15) is 6.92 Å². The van der Waals surface area contributed by atoms with Gasteiger partial charge in [0.05, 0.1) is 11.4 Å². The van der Waals surface area contributed by atoms with Gasteiger partial charge >= 0.3 is 0 Å². The number of nitrogens with zero attached hydrogens (tertiary/aromatic N) is 3. The molecule has 0 bridgehead atoms. The Morgan fingerprint density at radius 3 is 2.47 bits per heavy atom. The normalized spacial score (nSPS) is 10.1. The summed E-state index contributed by atoms with van der Waals surface area (Å²) in [5.41, 5.74) is 12.4. The topological polar surface area (TPSA) is 112 Å². The van der Waals surface area contributed by atoms with Crippen molar-refractivity contribution in [2.75, 3.05) is 41.9 Å². The predicted octanol–water partition coefficient (Wildman–Crippen LogP) is -0.518. The van der Waals surface area contributed by atoms with Crippen LogP contribution in [0.4, 0.5) is 27.8 Å². The van der Waals surface area contributed by atoms with Gasteiger partial charge in [0.15, 0.2) is 5.82 Å². The zero-order chi connectivity index (χ0) is 13.2. The van der Waals surface area contributed by atoms with Gasteiger partial charge < -0.3 is 31.2 Å². The third-order valence-corrected chi connectivity index (χ3v) is 2.35. The van der Waals surface area contributed by atoms with Crippen molar-refractivity contribution < 1.29 is 9.90 Å². The second-order valence-corrected chi connectivity index (χ2v) is 3.70. The van der Waals surface area contributed by atoms with E-state index in [1.54, 1.807) is 32.0 Å². The van der Waals surface area contributed by atoms with Gasteiger partial charge in [0.1, 0.15) is 11.9 Å². The number of carboxylic acid groups (broad SMARTS) is 1. The van der Waals surface area contributed by atoms with Crippen LogP contribution in [0, 0.1) is 0 Å². The Hall–Kier alpha value is -2.18. The quantitative estimate of drug-likeness (QED) is 0.733.